The quantitative estimate of drug-likeness (QED) is 0.676. The maximum Gasteiger partial charge on any atom is 0.168 e. The van der Waals surface area contributed by atoms with E-state index in [0.717, 1.165) is 30.8 Å². The van der Waals surface area contributed by atoms with Crippen molar-refractivity contribution in [1.82, 2.24) is 0 Å². The van der Waals surface area contributed by atoms with Crippen LogP contribution < -0.4 is 14.2 Å². The smallest absolute Gasteiger partial charge is 0.168 e. The molecule has 3 nitrogen and oxygen atoms in total. The number of rotatable bonds is 8. The SMILES string of the molecule is C=COc1cc(CCCc2cccc(OC)c2)ccc1OC. The molecule has 0 fully saturated rings. The van der Waals surface area contributed by atoms with Gasteiger partial charge in [-0.25, -0.2) is 0 Å². The first kappa shape index (κ1) is 16.0. The Hall–Kier alpha value is -2.42. The topological polar surface area (TPSA) is 27.7 Å². The van der Waals surface area contributed by atoms with Crippen LogP contribution in [0.15, 0.2) is 55.3 Å². The van der Waals surface area contributed by atoms with Crippen molar-refractivity contribution in [2.24, 2.45) is 0 Å². The number of hydrogen-bond acceptors (Lipinski definition) is 3. The molecule has 0 heterocycles. The van der Waals surface area contributed by atoms with Crippen molar-refractivity contribution < 1.29 is 14.2 Å². The van der Waals surface area contributed by atoms with Gasteiger partial charge in [0.15, 0.2) is 11.5 Å². The predicted octanol–water partition coefficient (Wildman–Crippen LogP) is 4.40. The van der Waals surface area contributed by atoms with Crippen molar-refractivity contribution in [2.45, 2.75) is 19.3 Å². The summed E-state index contributed by atoms with van der Waals surface area (Å²) in [6, 6.07) is 14.2. The van der Waals surface area contributed by atoms with Crippen LogP contribution >= 0.6 is 0 Å². The second-order valence-corrected chi connectivity index (χ2v) is 4.97. The third kappa shape index (κ3) is 4.29. The lowest BCUT2D eigenvalue weighted by molar-refractivity contribution is 0.378. The zero-order chi connectivity index (χ0) is 15.8. The minimum Gasteiger partial charge on any atom is -0.497 e. The molecule has 22 heavy (non-hydrogen) atoms. The number of benzene rings is 2. The van der Waals surface area contributed by atoms with Crippen LogP contribution in [0.1, 0.15) is 17.5 Å². The summed E-state index contributed by atoms with van der Waals surface area (Å²) in [7, 11) is 3.32. The Kier molecular flexibility index (Phi) is 5.90. The van der Waals surface area contributed by atoms with Crippen LogP contribution in [0.5, 0.6) is 17.2 Å². The van der Waals surface area contributed by atoms with Gasteiger partial charge in [0.1, 0.15) is 5.75 Å². The van der Waals surface area contributed by atoms with Gasteiger partial charge in [-0.15, -0.1) is 0 Å². The van der Waals surface area contributed by atoms with Crippen LogP contribution in [-0.2, 0) is 12.8 Å². The van der Waals surface area contributed by atoms with Crippen LogP contribution in [0.25, 0.3) is 0 Å². The molecule has 0 atom stereocenters. The number of ether oxygens (including phenoxy) is 3. The van der Waals surface area contributed by atoms with E-state index in [0.29, 0.717) is 5.75 Å². The molecule has 3 heteroatoms. The lowest BCUT2D eigenvalue weighted by Crippen LogP contribution is -1.94. The highest BCUT2D eigenvalue weighted by molar-refractivity contribution is 5.43. The molecule has 0 N–H and O–H groups in total. The van der Waals surface area contributed by atoms with Crippen LogP contribution in [-0.4, -0.2) is 14.2 Å². The molecule has 0 radical (unpaired) electrons. The van der Waals surface area contributed by atoms with Crippen molar-refractivity contribution in [3.8, 4) is 17.2 Å². The molecule has 0 saturated heterocycles. The van der Waals surface area contributed by atoms with Crippen molar-refractivity contribution in [3.05, 3.63) is 66.4 Å². The minimum absolute atomic E-state index is 0.705. The fraction of sp³-hybridized carbons (Fsp3) is 0.263. The summed E-state index contributed by atoms with van der Waals surface area (Å²) in [6.07, 6.45) is 4.47. The molecule has 2 aromatic rings. The standard InChI is InChI=1S/C19H22O3/c1-4-22-19-14-16(11-12-18(19)21-3)8-5-7-15-9-6-10-17(13-15)20-2/h4,6,9-14H,1,5,7-8H2,2-3H3. The van der Waals surface area contributed by atoms with Gasteiger partial charge in [0.05, 0.1) is 20.5 Å². The largest absolute Gasteiger partial charge is 0.497 e. The molecular weight excluding hydrogens is 276 g/mol. The molecule has 2 rings (SSSR count). The predicted molar refractivity (Wildman–Crippen MR) is 88.8 cm³/mol. The van der Waals surface area contributed by atoms with E-state index in [1.165, 1.54) is 17.4 Å². The van der Waals surface area contributed by atoms with Crippen LogP contribution in [0, 0.1) is 0 Å². The van der Waals surface area contributed by atoms with Crippen molar-refractivity contribution in [1.29, 1.82) is 0 Å². The Morgan fingerprint density at radius 2 is 1.68 bits per heavy atom. The Bertz CT molecular complexity index is 620. The van der Waals surface area contributed by atoms with Crippen molar-refractivity contribution >= 4 is 0 Å². The summed E-state index contributed by atoms with van der Waals surface area (Å²) in [5.74, 6) is 2.33. The Morgan fingerprint density at radius 3 is 2.36 bits per heavy atom. The third-order valence-electron chi connectivity index (χ3n) is 3.50. The summed E-state index contributed by atoms with van der Waals surface area (Å²) >= 11 is 0. The molecule has 0 aliphatic rings. The molecule has 0 amide bonds. The maximum atomic E-state index is 5.39. The molecule has 0 aliphatic carbocycles. The molecule has 116 valence electrons. The van der Waals surface area contributed by atoms with E-state index in [1.807, 2.05) is 24.3 Å². The fourth-order valence-electron chi connectivity index (χ4n) is 2.38. The van der Waals surface area contributed by atoms with Gasteiger partial charge in [0.25, 0.3) is 0 Å². The van der Waals surface area contributed by atoms with E-state index in [2.05, 4.69) is 24.8 Å². The van der Waals surface area contributed by atoms with Crippen LogP contribution in [0.2, 0.25) is 0 Å². The van der Waals surface area contributed by atoms with E-state index in [9.17, 15) is 0 Å². The Balaban J connectivity index is 1.96. The minimum atomic E-state index is 0.705. The molecule has 0 aliphatic heterocycles. The van der Waals surface area contributed by atoms with Gasteiger partial charge >= 0.3 is 0 Å². The lowest BCUT2D eigenvalue weighted by atomic mass is 10.0. The van der Waals surface area contributed by atoms with E-state index in [1.54, 1.807) is 14.2 Å². The van der Waals surface area contributed by atoms with Crippen LogP contribution in [0.4, 0.5) is 0 Å². The van der Waals surface area contributed by atoms with Gasteiger partial charge < -0.3 is 14.2 Å². The highest BCUT2D eigenvalue weighted by Gasteiger charge is 2.05. The summed E-state index contributed by atoms with van der Waals surface area (Å²) in [5, 5.41) is 0. The number of hydrogen-bond donors (Lipinski definition) is 0. The normalized spacial score (nSPS) is 10.1. The van der Waals surface area contributed by atoms with Crippen molar-refractivity contribution in [3.63, 3.8) is 0 Å². The fourth-order valence-corrected chi connectivity index (χ4v) is 2.38. The maximum absolute atomic E-state index is 5.39. The average molecular weight is 298 g/mol. The first-order valence-electron chi connectivity index (χ1n) is 7.34. The lowest BCUT2D eigenvalue weighted by Gasteiger charge is -2.10. The zero-order valence-corrected chi connectivity index (χ0v) is 13.2. The second kappa shape index (κ2) is 8.13. The molecule has 0 unspecified atom stereocenters. The van der Waals surface area contributed by atoms with Crippen molar-refractivity contribution in [2.75, 3.05) is 14.2 Å². The average Bonchev–Trinajstić information content (AvgIpc) is 2.56. The Morgan fingerprint density at radius 1 is 0.909 bits per heavy atom. The summed E-state index contributed by atoms with van der Waals surface area (Å²) in [6.45, 7) is 3.59. The summed E-state index contributed by atoms with van der Waals surface area (Å²) < 4.78 is 15.9. The van der Waals surface area contributed by atoms with Gasteiger partial charge in [-0.2, -0.15) is 0 Å². The van der Waals surface area contributed by atoms with E-state index >= 15 is 0 Å². The van der Waals surface area contributed by atoms with Gasteiger partial charge in [-0.05, 0) is 54.7 Å². The molecule has 2 aromatic carbocycles. The first-order valence-corrected chi connectivity index (χ1v) is 7.34. The number of methoxy groups -OCH3 is 2. The molecule has 0 bridgehead atoms. The molecule has 0 aromatic heterocycles. The highest BCUT2D eigenvalue weighted by Crippen LogP contribution is 2.28. The van der Waals surface area contributed by atoms with E-state index < -0.39 is 0 Å². The van der Waals surface area contributed by atoms with E-state index in [4.69, 9.17) is 14.2 Å². The second-order valence-electron chi connectivity index (χ2n) is 4.97. The molecule has 0 saturated carbocycles. The summed E-state index contributed by atoms with van der Waals surface area (Å²) in [4.78, 5) is 0. The highest BCUT2D eigenvalue weighted by atomic mass is 16.5. The van der Waals surface area contributed by atoms with E-state index in [-0.39, 0.29) is 0 Å². The first-order chi connectivity index (χ1) is 10.8. The monoisotopic (exact) mass is 298 g/mol. The molecule has 0 spiro atoms. The molecular formula is C19H22O3. The van der Waals surface area contributed by atoms with Gasteiger partial charge in [0.2, 0.25) is 0 Å². The summed E-state index contributed by atoms with van der Waals surface area (Å²) in [5.41, 5.74) is 2.51. The zero-order valence-electron chi connectivity index (χ0n) is 13.2. The Labute approximate surface area is 132 Å². The van der Waals surface area contributed by atoms with Gasteiger partial charge in [-0.1, -0.05) is 24.8 Å². The van der Waals surface area contributed by atoms with Gasteiger partial charge in [0, 0.05) is 0 Å². The van der Waals surface area contributed by atoms with Crippen LogP contribution in [0.3, 0.4) is 0 Å². The third-order valence-corrected chi connectivity index (χ3v) is 3.50. The van der Waals surface area contributed by atoms with Gasteiger partial charge in [-0.3, -0.25) is 0 Å². The number of aryl methyl sites for hydroxylation is 2.